The first-order chi connectivity index (χ1) is 16.7. The summed E-state index contributed by atoms with van der Waals surface area (Å²) in [5, 5.41) is 0. The molecule has 0 saturated carbocycles. The molecular formula is C23H19F4N4O3S-. The van der Waals surface area contributed by atoms with Gasteiger partial charge in [-0.2, -0.15) is 13.2 Å². The smallest absolute Gasteiger partial charge is 0.451 e. The summed E-state index contributed by atoms with van der Waals surface area (Å²) in [5.41, 5.74) is 1.43. The molecule has 1 amide bonds. The number of benzene rings is 2. The summed E-state index contributed by atoms with van der Waals surface area (Å²) in [6.07, 6.45) is -4.16. The number of halogens is 4. The molecule has 184 valence electrons. The van der Waals surface area contributed by atoms with Crippen LogP contribution < -0.4 is 4.90 Å². The van der Waals surface area contributed by atoms with Crippen molar-refractivity contribution >= 4 is 23.3 Å². The molecule has 1 atom stereocenters. The van der Waals surface area contributed by atoms with Crippen molar-refractivity contribution < 1.29 is 31.1 Å². The number of hydrogen-bond donors (Lipinski definition) is 0. The van der Waals surface area contributed by atoms with E-state index in [-0.39, 0.29) is 35.9 Å². The molecule has 3 aromatic rings. The van der Waals surface area contributed by atoms with Crippen LogP contribution in [-0.4, -0.2) is 56.2 Å². The van der Waals surface area contributed by atoms with Crippen LogP contribution in [0.25, 0.3) is 22.4 Å². The van der Waals surface area contributed by atoms with Crippen molar-refractivity contribution in [1.82, 2.24) is 14.9 Å². The van der Waals surface area contributed by atoms with Gasteiger partial charge < -0.3 is 14.4 Å². The van der Waals surface area contributed by atoms with E-state index in [9.17, 15) is 31.1 Å². The van der Waals surface area contributed by atoms with Crippen LogP contribution in [0.5, 0.6) is 0 Å². The van der Waals surface area contributed by atoms with Crippen LogP contribution in [0.3, 0.4) is 0 Å². The third-order valence-corrected chi connectivity index (χ3v) is 6.12. The van der Waals surface area contributed by atoms with Crippen LogP contribution >= 0.6 is 0 Å². The Bertz CT molecular complexity index is 1230. The van der Waals surface area contributed by atoms with Crippen molar-refractivity contribution in [3.05, 3.63) is 65.7 Å². The lowest BCUT2D eigenvalue weighted by Gasteiger charge is -2.35. The molecule has 1 fully saturated rings. The summed E-state index contributed by atoms with van der Waals surface area (Å²) >= 11 is -2.33. The van der Waals surface area contributed by atoms with Crippen LogP contribution in [0, 0.1) is 5.82 Å². The Hall–Kier alpha value is -3.38. The van der Waals surface area contributed by atoms with Crippen molar-refractivity contribution in [3.8, 4) is 22.4 Å². The lowest BCUT2D eigenvalue weighted by atomic mass is 9.98. The van der Waals surface area contributed by atoms with Crippen molar-refractivity contribution in [2.24, 2.45) is 0 Å². The summed E-state index contributed by atoms with van der Waals surface area (Å²) in [4.78, 5) is 22.0. The van der Waals surface area contributed by atoms with Gasteiger partial charge in [0.2, 0.25) is 12.2 Å². The number of nitrogens with zero attached hydrogens (tertiary/aromatic N) is 4. The minimum absolute atomic E-state index is 0.0178. The van der Waals surface area contributed by atoms with Gasteiger partial charge in [0.05, 0.1) is 11.3 Å². The first-order valence-corrected chi connectivity index (χ1v) is 11.7. The van der Waals surface area contributed by atoms with E-state index in [4.69, 9.17) is 0 Å². The average Bonchev–Trinajstić information content (AvgIpc) is 2.83. The zero-order chi connectivity index (χ0) is 25.2. The number of anilines is 1. The molecule has 1 aliphatic heterocycles. The molecule has 2 aromatic carbocycles. The van der Waals surface area contributed by atoms with Gasteiger partial charge in [-0.05, 0) is 23.3 Å². The van der Waals surface area contributed by atoms with E-state index in [1.54, 1.807) is 4.90 Å². The highest BCUT2D eigenvalue weighted by Crippen LogP contribution is 2.40. The minimum atomic E-state index is -4.84. The highest BCUT2D eigenvalue weighted by atomic mass is 32.2. The zero-order valence-electron chi connectivity index (χ0n) is 18.2. The fraction of sp³-hybridized carbons (Fsp3) is 0.261. The number of rotatable bonds is 6. The molecule has 1 aromatic heterocycles. The molecule has 35 heavy (non-hydrogen) atoms. The van der Waals surface area contributed by atoms with Gasteiger partial charge in [-0.25, -0.2) is 14.4 Å². The third kappa shape index (κ3) is 5.65. The van der Waals surface area contributed by atoms with Gasteiger partial charge in [-0.15, -0.1) is 0 Å². The SMILES string of the molecule is O=CN1CCN(c2nc(C(F)(F)F)nc(-c3ccc(CS(=O)[O-])cc3)c2-c2ccc(F)cc2)CC1. The number of aromatic nitrogens is 2. The molecule has 7 nitrogen and oxygen atoms in total. The summed E-state index contributed by atoms with van der Waals surface area (Å²) in [7, 11) is 0. The molecule has 1 unspecified atom stereocenters. The average molecular weight is 507 g/mol. The summed E-state index contributed by atoms with van der Waals surface area (Å²) in [5.74, 6) is -2.08. The van der Waals surface area contributed by atoms with Gasteiger partial charge in [-0.1, -0.05) is 47.5 Å². The van der Waals surface area contributed by atoms with Gasteiger partial charge >= 0.3 is 6.18 Å². The number of piperazine rings is 1. The van der Waals surface area contributed by atoms with E-state index in [0.717, 1.165) is 0 Å². The second-order valence-electron chi connectivity index (χ2n) is 7.87. The standard InChI is InChI=1S/C23H20F4N4O3S/c24-18-7-5-16(6-8-18)19-20(17-3-1-15(2-4-17)13-35(33)34)28-22(23(25,26)27)29-21(19)31-11-9-30(14-32)10-12-31/h1-8,14H,9-13H2,(H,33,34)/p-1. The van der Waals surface area contributed by atoms with Gasteiger partial charge in [-0.3, -0.25) is 9.00 Å². The highest BCUT2D eigenvalue weighted by molar-refractivity contribution is 7.78. The van der Waals surface area contributed by atoms with Gasteiger partial charge in [0.15, 0.2) is 0 Å². The van der Waals surface area contributed by atoms with Crippen LogP contribution in [-0.2, 0) is 27.8 Å². The van der Waals surface area contributed by atoms with E-state index in [2.05, 4.69) is 9.97 Å². The monoisotopic (exact) mass is 507 g/mol. The van der Waals surface area contributed by atoms with Crippen molar-refractivity contribution in [2.75, 3.05) is 31.1 Å². The fourth-order valence-electron chi connectivity index (χ4n) is 3.83. The first-order valence-electron chi connectivity index (χ1n) is 10.5. The molecule has 0 bridgehead atoms. The molecule has 0 N–H and O–H groups in total. The lowest BCUT2D eigenvalue weighted by molar-refractivity contribution is -0.144. The number of hydrogen-bond acceptors (Lipinski definition) is 6. The quantitative estimate of drug-likeness (QED) is 0.288. The number of carbonyl (C=O) groups is 1. The molecule has 0 spiro atoms. The van der Waals surface area contributed by atoms with Crippen molar-refractivity contribution in [1.29, 1.82) is 0 Å². The maximum Gasteiger partial charge on any atom is 0.451 e. The fourth-order valence-corrected chi connectivity index (χ4v) is 4.29. The topological polar surface area (TPSA) is 89.5 Å². The van der Waals surface area contributed by atoms with Crippen molar-refractivity contribution in [2.45, 2.75) is 11.9 Å². The van der Waals surface area contributed by atoms with Gasteiger partial charge in [0.1, 0.15) is 11.6 Å². The molecular weight excluding hydrogens is 488 g/mol. The third-order valence-electron chi connectivity index (χ3n) is 5.55. The molecule has 1 aliphatic rings. The number of carbonyl (C=O) groups excluding carboxylic acids is 1. The maximum atomic E-state index is 13.8. The zero-order valence-corrected chi connectivity index (χ0v) is 19.0. The van der Waals surface area contributed by atoms with Crippen molar-refractivity contribution in [3.63, 3.8) is 0 Å². The normalized spacial score (nSPS) is 15.2. The molecule has 4 rings (SSSR count). The first kappa shape index (κ1) is 24.7. The predicted octanol–water partition coefficient (Wildman–Crippen LogP) is 3.63. The summed E-state index contributed by atoms with van der Waals surface area (Å²) < 4.78 is 77.1. The molecule has 1 saturated heterocycles. The molecule has 0 aliphatic carbocycles. The van der Waals surface area contributed by atoms with Crippen LogP contribution in [0.15, 0.2) is 48.5 Å². The van der Waals surface area contributed by atoms with Gasteiger partial charge in [0.25, 0.3) is 0 Å². The van der Waals surface area contributed by atoms with E-state index < -0.39 is 28.9 Å². The van der Waals surface area contributed by atoms with Crippen LogP contribution in [0.2, 0.25) is 0 Å². The Morgan fingerprint density at radius 3 is 2.09 bits per heavy atom. The number of amides is 1. The van der Waals surface area contributed by atoms with Crippen LogP contribution in [0.4, 0.5) is 23.4 Å². The van der Waals surface area contributed by atoms with E-state index in [1.807, 2.05) is 0 Å². The Kier molecular flexibility index (Phi) is 7.13. The Morgan fingerprint density at radius 2 is 1.54 bits per heavy atom. The highest BCUT2D eigenvalue weighted by Gasteiger charge is 2.37. The number of alkyl halides is 3. The van der Waals surface area contributed by atoms with E-state index in [1.165, 1.54) is 53.4 Å². The molecule has 0 radical (unpaired) electrons. The second kappa shape index (κ2) is 10.1. The van der Waals surface area contributed by atoms with E-state index >= 15 is 0 Å². The Morgan fingerprint density at radius 1 is 0.943 bits per heavy atom. The largest absolute Gasteiger partial charge is 0.772 e. The molecule has 2 heterocycles. The molecule has 12 heteroatoms. The lowest BCUT2D eigenvalue weighted by Crippen LogP contribution is -2.46. The Labute approximate surface area is 200 Å². The Balaban J connectivity index is 1.93. The minimum Gasteiger partial charge on any atom is -0.772 e. The maximum absolute atomic E-state index is 13.8. The predicted molar refractivity (Wildman–Crippen MR) is 120 cm³/mol. The second-order valence-corrected chi connectivity index (χ2v) is 8.77. The van der Waals surface area contributed by atoms with Crippen LogP contribution in [0.1, 0.15) is 11.4 Å². The van der Waals surface area contributed by atoms with Gasteiger partial charge in [0, 0.05) is 37.5 Å². The van der Waals surface area contributed by atoms with E-state index in [0.29, 0.717) is 36.2 Å². The summed E-state index contributed by atoms with van der Waals surface area (Å²) in [6.45, 7) is 1.09. The summed E-state index contributed by atoms with van der Waals surface area (Å²) in [6, 6.07) is 11.2.